The normalized spacial score (nSPS) is 15.9. The smallest absolute Gasteiger partial charge is 0.416 e. The van der Waals surface area contributed by atoms with Crippen molar-refractivity contribution in [2.24, 2.45) is 5.41 Å². The first-order chi connectivity index (χ1) is 19.7. The number of ether oxygens (including phenoxy) is 1. The van der Waals surface area contributed by atoms with Gasteiger partial charge in [0.05, 0.1) is 18.7 Å². The highest BCUT2D eigenvalue weighted by Crippen LogP contribution is 2.47. The minimum absolute atomic E-state index is 0.190. The molecule has 0 aromatic heterocycles. The second-order valence-electron chi connectivity index (χ2n) is 10.4. The largest absolute Gasteiger partial charge is 0.496 e. The molecule has 0 aliphatic carbocycles. The topological polar surface area (TPSA) is 53.3 Å². The number of carbonyl (C=O) groups excluding carboxylic acids is 1. The molecule has 5 rings (SSSR count). The number of para-hydroxylation sites is 1. The van der Waals surface area contributed by atoms with Crippen LogP contribution in [-0.2, 0) is 11.0 Å². The number of alkyl halides is 3. The van der Waals surface area contributed by atoms with Gasteiger partial charge in [-0.15, -0.1) is 0 Å². The molecule has 0 saturated heterocycles. The number of nitriles is 1. The van der Waals surface area contributed by atoms with E-state index >= 15 is 0 Å². The van der Waals surface area contributed by atoms with Crippen LogP contribution in [0.5, 0.6) is 5.75 Å². The second kappa shape index (κ2) is 11.1. The minimum atomic E-state index is -4.43. The van der Waals surface area contributed by atoms with Crippen molar-refractivity contribution in [3.05, 3.63) is 119 Å². The first kappa shape index (κ1) is 28.0. The fraction of sp³-hybridized carbons (Fsp3) is 0.235. The molecule has 7 heteroatoms. The molecule has 4 aromatic rings. The Kier molecular flexibility index (Phi) is 7.59. The molecule has 1 heterocycles. The zero-order chi connectivity index (χ0) is 29.2. The van der Waals surface area contributed by atoms with Gasteiger partial charge < -0.3 is 9.64 Å². The summed E-state index contributed by atoms with van der Waals surface area (Å²) in [6, 6.07) is 28.7. The average molecular weight is 555 g/mol. The monoisotopic (exact) mass is 554 g/mol. The lowest BCUT2D eigenvalue weighted by Crippen LogP contribution is -2.46. The van der Waals surface area contributed by atoms with E-state index in [0.717, 1.165) is 39.6 Å². The standard InChI is InChI=1S/C34H29F3N2O2/c1-33(22-38,32(40)39-19-17-23(18-20-39)25-11-7-12-26(21-25)34(35,36)37)31(29-14-5-6-16-30(29)41-2)28-15-8-10-24-9-3-4-13-27(24)28/h3-17,21,31H,18-20H2,1-2H3/t31-,33+/m0/s1. The molecule has 0 saturated carbocycles. The fourth-order valence-electron chi connectivity index (χ4n) is 5.77. The van der Waals surface area contributed by atoms with Gasteiger partial charge in [-0.3, -0.25) is 4.79 Å². The number of rotatable bonds is 6. The molecule has 4 aromatic carbocycles. The van der Waals surface area contributed by atoms with E-state index in [1.807, 2.05) is 66.7 Å². The van der Waals surface area contributed by atoms with Crippen LogP contribution in [0, 0.1) is 16.7 Å². The summed E-state index contributed by atoms with van der Waals surface area (Å²) in [5.41, 5.74) is 0.566. The van der Waals surface area contributed by atoms with Crippen LogP contribution in [0.25, 0.3) is 16.3 Å². The SMILES string of the molecule is COc1ccccc1[C@H](c1cccc2ccccc12)[C@@](C)(C#N)C(=O)N1CC=C(c2cccc(C(F)(F)F)c2)CC1. The third-order valence-electron chi connectivity index (χ3n) is 7.90. The van der Waals surface area contributed by atoms with Crippen molar-refractivity contribution in [2.75, 3.05) is 20.2 Å². The molecule has 0 unspecified atom stereocenters. The summed E-state index contributed by atoms with van der Waals surface area (Å²) in [7, 11) is 1.56. The third kappa shape index (κ3) is 5.30. The molecule has 0 fully saturated rings. The van der Waals surface area contributed by atoms with Crippen LogP contribution in [0.2, 0.25) is 0 Å². The summed E-state index contributed by atoms with van der Waals surface area (Å²) in [6.45, 7) is 2.14. The molecule has 0 N–H and O–H groups in total. The Morgan fingerprint density at radius 2 is 1.63 bits per heavy atom. The summed E-state index contributed by atoms with van der Waals surface area (Å²) < 4.78 is 45.5. The lowest BCUT2D eigenvalue weighted by Gasteiger charge is -2.38. The summed E-state index contributed by atoms with van der Waals surface area (Å²) in [6.07, 6.45) is -2.27. The molecule has 1 amide bonds. The van der Waals surface area contributed by atoms with Gasteiger partial charge >= 0.3 is 6.18 Å². The maximum atomic E-state index is 14.3. The molecule has 1 aliphatic rings. The third-order valence-corrected chi connectivity index (χ3v) is 7.90. The molecule has 1 aliphatic heterocycles. The van der Waals surface area contributed by atoms with Crippen LogP contribution < -0.4 is 4.74 Å². The van der Waals surface area contributed by atoms with E-state index in [2.05, 4.69) is 6.07 Å². The Labute approximate surface area is 237 Å². The number of fused-ring (bicyclic) bond motifs is 1. The predicted octanol–water partition coefficient (Wildman–Crippen LogP) is 7.84. The molecular formula is C34H29F3N2O2. The van der Waals surface area contributed by atoms with E-state index in [1.54, 1.807) is 31.1 Å². The number of carbonyl (C=O) groups is 1. The molecule has 41 heavy (non-hydrogen) atoms. The van der Waals surface area contributed by atoms with E-state index in [9.17, 15) is 23.2 Å². The lowest BCUT2D eigenvalue weighted by molar-refractivity contribution is -0.138. The van der Waals surface area contributed by atoms with Crippen molar-refractivity contribution >= 4 is 22.3 Å². The first-order valence-corrected chi connectivity index (χ1v) is 13.3. The Morgan fingerprint density at radius 1 is 0.951 bits per heavy atom. The molecule has 208 valence electrons. The predicted molar refractivity (Wildman–Crippen MR) is 153 cm³/mol. The zero-order valence-electron chi connectivity index (χ0n) is 22.8. The van der Waals surface area contributed by atoms with Gasteiger partial charge in [0.2, 0.25) is 5.91 Å². The molecule has 2 atom stereocenters. The van der Waals surface area contributed by atoms with Crippen molar-refractivity contribution in [3.63, 3.8) is 0 Å². The van der Waals surface area contributed by atoms with E-state index in [4.69, 9.17) is 4.74 Å². The zero-order valence-corrected chi connectivity index (χ0v) is 22.8. The summed E-state index contributed by atoms with van der Waals surface area (Å²) in [5, 5.41) is 12.6. The average Bonchev–Trinajstić information content (AvgIpc) is 3.00. The van der Waals surface area contributed by atoms with Crippen LogP contribution in [-0.4, -0.2) is 31.0 Å². The van der Waals surface area contributed by atoms with Crippen molar-refractivity contribution in [1.82, 2.24) is 4.90 Å². The van der Waals surface area contributed by atoms with Crippen molar-refractivity contribution in [3.8, 4) is 11.8 Å². The van der Waals surface area contributed by atoms with Gasteiger partial charge in [0.25, 0.3) is 0 Å². The molecule has 4 nitrogen and oxygen atoms in total. The van der Waals surface area contributed by atoms with Gasteiger partial charge in [-0.25, -0.2) is 0 Å². The number of hydrogen-bond acceptors (Lipinski definition) is 3. The maximum absolute atomic E-state index is 14.3. The van der Waals surface area contributed by atoms with Crippen molar-refractivity contribution in [1.29, 1.82) is 5.26 Å². The van der Waals surface area contributed by atoms with E-state index < -0.39 is 23.1 Å². The van der Waals surface area contributed by atoms with E-state index in [-0.39, 0.29) is 19.0 Å². The van der Waals surface area contributed by atoms with Crippen LogP contribution in [0.3, 0.4) is 0 Å². The molecule has 0 bridgehead atoms. The molecule has 0 spiro atoms. The van der Waals surface area contributed by atoms with Crippen LogP contribution in [0.15, 0.2) is 97.1 Å². The van der Waals surface area contributed by atoms with Crippen molar-refractivity contribution in [2.45, 2.75) is 25.4 Å². The second-order valence-corrected chi connectivity index (χ2v) is 10.4. The van der Waals surface area contributed by atoms with Gasteiger partial charge in [-0.1, -0.05) is 78.9 Å². The van der Waals surface area contributed by atoms with Gasteiger partial charge in [-0.05, 0) is 59.0 Å². The fourth-order valence-corrected chi connectivity index (χ4v) is 5.77. The Morgan fingerprint density at radius 3 is 2.34 bits per heavy atom. The Hall–Kier alpha value is -4.57. The molecular weight excluding hydrogens is 525 g/mol. The summed E-state index contributed by atoms with van der Waals surface area (Å²) in [4.78, 5) is 15.9. The van der Waals surface area contributed by atoms with Gasteiger partial charge in [0.1, 0.15) is 11.2 Å². The Balaban J connectivity index is 1.55. The highest BCUT2D eigenvalue weighted by molar-refractivity contribution is 5.92. The quantitative estimate of drug-likeness (QED) is 0.244. The molecule has 0 radical (unpaired) electrons. The van der Waals surface area contributed by atoms with Crippen LogP contribution in [0.4, 0.5) is 13.2 Å². The van der Waals surface area contributed by atoms with Crippen LogP contribution >= 0.6 is 0 Å². The van der Waals surface area contributed by atoms with Gasteiger partial charge in [0, 0.05) is 24.6 Å². The number of halogens is 3. The maximum Gasteiger partial charge on any atom is 0.416 e. The number of benzene rings is 4. The van der Waals surface area contributed by atoms with Crippen LogP contribution in [0.1, 0.15) is 41.5 Å². The summed E-state index contributed by atoms with van der Waals surface area (Å²) in [5.74, 6) is -0.427. The van der Waals surface area contributed by atoms with E-state index in [0.29, 0.717) is 17.7 Å². The Bertz CT molecular complexity index is 1670. The highest BCUT2D eigenvalue weighted by atomic mass is 19.4. The van der Waals surface area contributed by atoms with E-state index in [1.165, 1.54) is 6.07 Å². The highest BCUT2D eigenvalue weighted by Gasteiger charge is 2.47. The van der Waals surface area contributed by atoms with Crippen molar-refractivity contribution < 1.29 is 22.7 Å². The minimum Gasteiger partial charge on any atom is -0.496 e. The summed E-state index contributed by atoms with van der Waals surface area (Å²) >= 11 is 0. The number of hydrogen-bond donors (Lipinski definition) is 0. The number of methoxy groups -OCH3 is 1. The van der Waals surface area contributed by atoms with Gasteiger partial charge in [-0.2, -0.15) is 18.4 Å². The number of nitrogens with zero attached hydrogens (tertiary/aromatic N) is 2. The number of amides is 1. The van der Waals surface area contributed by atoms with Gasteiger partial charge in [0.15, 0.2) is 0 Å². The first-order valence-electron chi connectivity index (χ1n) is 13.3. The lowest BCUT2D eigenvalue weighted by atomic mass is 9.68.